The van der Waals surface area contributed by atoms with E-state index in [2.05, 4.69) is 35.5 Å². The number of thioether (sulfide) groups is 1. The highest BCUT2D eigenvalue weighted by molar-refractivity contribution is 7.99. The summed E-state index contributed by atoms with van der Waals surface area (Å²) in [5.41, 5.74) is 7.73. The molecule has 1 atom stereocenters. The molecule has 9 heteroatoms. The van der Waals surface area contributed by atoms with Gasteiger partial charge in [0.1, 0.15) is 5.82 Å². The lowest BCUT2D eigenvalue weighted by Gasteiger charge is -2.10. The SMILES string of the molecule is C[C@@H](Sc1n[nH]c(-c2ccccc2)n1)c1nc(N)nc(Nc2ccccc2)n1. The molecule has 4 aromatic rings. The Hall–Kier alpha value is -3.46. The molecule has 0 aliphatic heterocycles. The summed E-state index contributed by atoms with van der Waals surface area (Å²) in [7, 11) is 0. The zero-order chi connectivity index (χ0) is 19.3. The van der Waals surface area contributed by atoms with Crippen molar-refractivity contribution >= 4 is 29.3 Å². The number of nitrogens with two attached hydrogens (primary N) is 1. The van der Waals surface area contributed by atoms with Gasteiger partial charge in [-0.15, -0.1) is 5.10 Å². The summed E-state index contributed by atoms with van der Waals surface area (Å²) in [6.07, 6.45) is 0. The van der Waals surface area contributed by atoms with E-state index in [1.165, 1.54) is 11.8 Å². The van der Waals surface area contributed by atoms with Crippen LogP contribution < -0.4 is 11.1 Å². The Morgan fingerprint density at radius 1 is 0.929 bits per heavy atom. The van der Waals surface area contributed by atoms with Crippen LogP contribution in [0.25, 0.3) is 11.4 Å². The Balaban J connectivity index is 1.50. The zero-order valence-corrected chi connectivity index (χ0v) is 15.9. The molecule has 8 nitrogen and oxygen atoms in total. The molecule has 2 aromatic carbocycles. The van der Waals surface area contributed by atoms with Crippen molar-refractivity contribution in [2.45, 2.75) is 17.3 Å². The van der Waals surface area contributed by atoms with E-state index < -0.39 is 0 Å². The van der Waals surface area contributed by atoms with Crippen LogP contribution in [0.1, 0.15) is 18.0 Å². The summed E-state index contributed by atoms with van der Waals surface area (Å²) in [6, 6.07) is 19.5. The van der Waals surface area contributed by atoms with Gasteiger partial charge in [0.25, 0.3) is 0 Å². The topological polar surface area (TPSA) is 118 Å². The number of aromatic nitrogens is 6. The van der Waals surface area contributed by atoms with Crippen LogP contribution in [0.15, 0.2) is 65.8 Å². The number of H-pyrrole nitrogens is 1. The van der Waals surface area contributed by atoms with Gasteiger partial charge < -0.3 is 11.1 Å². The molecule has 0 fully saturated rings. The van der Waals surface area contributed by atoms with Gasteiger partial charge in [-0.1, -0.05) is 60.3 Å². The molecule has 0 radical (unpaired) electrons. The second-order valence-electron chi connectivity index (χ2n) is 5.96. The van der Waals surface area contributed by atoms with Crippen molar-refractivity contribution in [1.82, 2.24) is 30.1 Å². The van der Waals surface area contributed by atoms with Crippen molar-refractivity contribution < 1.29 is 0 Å². The highest BCUT2D eigenvalue weighted by Gasteiger charge is 2.17. The van der Waals surface area contributed by atoms with Crippen LogP contribution in [0.2, 0.25) is 0 Å². The number of hydrogen-bond acceptors (Lipinski definition) is 8. The maximum absolute atomic E-state index is 5.88. The maximum Gasteiger partial charge on any atom is 0.232 e. The lowest BCUT2D eigenvalue weighted by atomic mass is 10.2. The third-order valence-electron chi connectivity index (χ3n) is 3.86. The van der Waals surface area contributed by atoms with Gasteiger partial charge in [-0.2, -0.15) is 15.0 Å². The first kappa shape index (κ1) is 17.9. The molecule has 0 aliphatic carbocycles. The Labute approximate surface area is 166 Å². The van der Waals surface area contributed by atoms with Gasteiger partial charge in [0.2, 0.25) is 17.1 Å². The Bertz CT molecular complexity index is 1050. The van der Waals surface area contributed by atoms with Gasteiger partial charge >= 0.3 is 0 Å². The van der Waals surface area contributed by atoms with Crippen LogP contribution in [0.5, 0.6) is 0 Å². The Kier molecular flexibility index (Phi) is 5.16. The molecule has 2 heterocycles. The molecule has 0 spiro atoms. The Morgan fingerprint density at radius 2 is 1.64 bits per heavy atom. The first-order chi connectivity index (χ1) is 13.7. The van der Waals surface area contributed by atoms with Crippen LogP contribution in [-0.2, 0) is 0 Å². The molecule has 28 heavy (non-hydrogen) atoms. The normalized spacial score (nSPS) is 11.9. The molecule has 0 amide bonds. The number of para-hydroxylation sites is 1. The second-order valence-corrected chi connectivity index (χ2v) is 7.27. The molecule has 4 rings (SSSR count). The minimum Gasteiger partial charge on any atom is -0.368 e. The molecule has 2 aromatic heterocycles. The smallest absolute Gasteiger partial charge is 0.232 e. The summed E-state index contributed by atoms with van der Waals surface area (Å²) < 4.78 is 0. The number of nitrogen functional groups attached to an aromatic ring is 1. The fourth-order valence-corrected chi connectivity index (χ4v) is 3.30. The quantitative estimate of drug-likeness (QED) is 0.425. The summed E-state index contributed by atoms with van der Waals surface area (Å²) in [5, 5.41) is 10.9. The number of anilines is 3. The number of nitrogens with one attached hydrogen (secondary N) is 2. The van der Waals surface area contributed by atoms with E-state index in [1.54, 1.807) is 0 Å². The predicted octanol–water partition coefficient (Wildman–Crippen LogP) is 3.84. The summed E-state index contributed by atoms with van der Waals surface area (Å²) in [6.45, 7) is 1.98. The number of rotatable bonds is 6. The summed E-state index contributed by atoms with van der Waals surface area (Å²) in [4.78, 5) is 17.5. The fourth-order valence-electron chi connectivity index (χ4n) is 2.53. The van der Waals surface area contributed by atoms with Gasteiger partial charge in [-0.3, -0.25) is 5.10 Å². The highest BCUT2D eigenvalue weighted by Crippen LogP contribution is 2.32. The number of benzene rings is 2. The fraction of sp³-hybridized carbons (Fsp3) is 0.105. The summed E-state index contributed by atoms with van der Waals surface area (Å²) in [5.74, 6) is 1.84. The first-order valence-electron chi connectivity index (χ1n) is 8.65. The summed E-state index contributed by atoms with van der Waals surface area (Å²) >= 11 is 1.45. The highest BCUT2D eigenvalue weighted by atomic mass is 32.2. The van der Waals surface area contributed by atoms with Gasteiger partial charge in [0.15, 0.2) is 5.82 Å². The second kappa shape index (κ2) is 8.05. The van der Waals surface area contributed by atoms with E-state index in [4.69, 9.17) is 5.73 Å². The third-order valence-corrected chi connectivity index (χ3v) is 4.82. The standard InChI is InChI=1S/C19H18N8S/c1-12(28-19-24-16(26-27-19)13-8-4-2-5-9-13)15-22-17(20)25-18(23-15)21-14-10-6-3-7-11-14/h2-12H,1H3,(H,24,26,27)(H3,20,21,22,23,25)/t12-/m1/s1. The van der Waals surface area contributed by atoms with Gasteiger partial charge in [0, 0.05) is 11.3 Å². The molecule has 0 aliphatic rings. The van der Waals surface area contributed by atoms with Crippen molar-refractivity contribution in [2.24, 2.45) is 0 Å². The predicted molar refractivity (Wildman–Crippen MR) is 110 cm³/mol. The number of nitrogens with zero attached hydrogens (tertiary/aromatic N) is 5. The van der Waals surface area contributed by atoms with Crippen molar-refractivity contribution in [3.63, 3.8) is 0 Å². The van der Waals surface area contributed by atoms with Crippen LogP contribution >= 0.6 is 11.8 Å². The number of hydrogen-bond donors (Lipinski definition) is 3. The van der Waals surface area contributed by atoms with E-state index in [-0.39, 0.29) is 11.2 Å². The lowest BCUT2D eigenvalue weighted by Crippen LogP contribution is -2.08. The van der Waals surface area contributed by atoms with E-state index in [0.29, 0.717) is 16.9 Å². The van der Waals surface area contributed by atoms with Crippen LogP contribution in [-0.4, -0.2) is 30.1 Å². The van der Waals surface area contributed by atoms with Crippen LogP contribution in [0.3, 0.4) is 0 Å². The van der Waals surface area contributed by atoms with Crippen molar-refractivity contribution in [3.8, 4) is 11.4 Å². The average molecular weight is 390 g/mol. The molecule has 140 valence electrons. The molecule has 0 bridgehead atoms. The van der Waals surface area contributed by atoms with Gasteiger partial charge in [-0.05, 0) is 19.1 Å². The minimum absolute atomic E-state index is 0.110. The van der Waals surface area contributed by atoms with Crippen LogP contribution in [0.4, 0.5) is 17.6 Å². The van der Waals surface area contributed by atoms with Crippen LogP contribution in [0, 0.1) is 0 Å². The van der Waals surface area contributed by atoms with Crippen molar-refractivity contribution in [1.29, 1.82) is 0 Å². The zero-order valence-electron chi connectivity index (χ0n) is 15.1. The largest absolute Gasteiger partial charge is 0.368 e. The van der Waals surface area contributed by atoms with Gasteiger partial charge in [0.05, 0.1) is 5.25 Å². The molecule has 0 unspecified atom stereocenters. The molecular weight excluding hydrogens is 372 g/mol. The molecule has 0 saturated heterocycles. The molecule has 0 saturated carbocycles. The minimum atomic E-state index is -0.110. The van der Waals surface area contributed by atoms with E-state index in [1.807, 2.05) is 67.6 Å². The maximum atomic E-state index is 5.88. The molecule has 4 N–H and O–H groups in total. The third kappa shape index (κ3) is 4.26. The van der Waals surface area contributed by atoms with Crippen molar-refractivity contribution in [3.05, 3.63) is 66.5 Å². The molecular formula is C19H18N8S. The van der Waals surface area contributed by atoms with Gasteiger partial charge in [-0.25, -0.2) is 4.98 Å². The van der Waals surface area contributed by atoms with E-state index >= 15 is 0 Å². The average Bonchev–Trinajstić information content (AvgIpc) is 3.17. The Morgan fingerprint density at radius 3 is 2.39 bits per heavy atom. The monoisotopic (exact) mass is 390 g/mol. The van der Waals surface area contributed by atoms with E-state index in [9.17, 15) is 0 Å². The first-order valence-corrected chi connectivity index (χ1v) is 9.53. The number of aromatic amines is 1. The van der Waals surface area contributed by atoms with Crippen molar-refractivity contribution in [2.75, 3.05) is 11.1 Å². The lowest BCUT2D eigenvalue weighted by molar-refractivity contribution is 0.884. The van der Waals surface area contributed by atoms with E-state index in [0.717, 1.165) is 17.1 Å².